The van der Waals surface area contributed by atoms with Gasteiger partial charge in [0.05, 0.1) is 0 Å². The molecule has 0 aromatic carbocycles. The standard InChI is InChI=1S/C13H22N4/c1-5-8-14-12-9(2)13(16-10(3)15-12)17(4)11-6-7-11/h11H,5-8H2,1-4H3,(H,14,15,16). The van der Waals surface area contributed by atoms with Crippen molar-refractivity contribution < 1.29 is 0 Å². The van der Waals surface area contributed by atoms with Crippen molar-refractivity contribution in [2.24, 2.45) is 0 Å². The minimum Gasteiger partial charge on any atom is -0.370 e. The fourth-order valence-corrected chi connectivity index (χ4v) is 2.01. The molecule has 0 aliphatic heterocycles. The summed E-state index contributed by atoms with van der Waals surface area (Å²) in [7, 11) is 2.13. The highest BCUT2D eigenvalue weighted by Crippen LogP contribution is 2.32. The first-order valence-electron chi connectivity index (χ1n) is 6.45. The average molecular weight is 234 g/mol. The molecular formula is C13H22N4. The summed E-state index contributed by atoms with van der Waals surface area (Å²) in [4.78, 5) is 11.4. The largest absolute Gasteiger partial charge is 0.370 e. The Balaban J connectivity index is 2.27. The van der Waals surface area contributed by atoms with Crippen molar-refractivity contribution >= 4 is 11.6 Å². The van der Waals surface area contributed by atoms with Crippen LogP contribution in [0.2, 0.25) is 0 Å². The summed E-state index contributed by atoms with van der Waals surface area (Å²) < 4.78 is 0. The van der Waals surface area contributed by atoms with Gasteiger partial charge in [-0.25, -0.2) is 9.97 Å². The van der Waals surface area contributed by atoms with Crippen LogP contribution in [0.15, 0.2) is 0 Å². The molecule has 0 bridgehead atoms. The Bertz CT molecular complexity index is 399. The van der Waals surface area contributed by atoms with Gasteiger partial charge in [-0.3, -0.25) is 0 Å². The van der Waals surface area contributed by atoms with Crippen LogP contribution in [0.3, 0.4) is 0 Å². The molecule has 0 radical (unpaired) electrons. The van der Waals surface area contributed by atoms with Crippen LogP contribution in [-0.4, -0.2) is 29.6 Å². The average Bonchev–Trinajstić information content (AvgIpc) is 3.13. The zero-order valence-corrected chi connectivity index (χ0v) is 11.2. The molecule has 0 spiro atoms. The van der Waals surface area contributed by atoms with E-state index in [4.69, 9.17) is 0 Å². The van der Waals surface area contributed by atoms with Crippen molar-refractivity contribution in [2.75, 3.05) is 23.8 Å². The lowest BCUT2D eigenvalue weighted by atomic mass is 10.2. The smallest absolute Gasteiger partial charge is 0.137 e. The van der Waals surface area contributed by atoms with Gasteiger partial charge in [0, 0.05) is 25.2 Å². The Morgan fingerprint density at radius 3 is 2.59 bits per heavy atom. The third-order valence-corrected chi connectivity index (χ3v) is 3.20. The number of hydrogen-bond donors (Lipinski definition) is 1. The van der Waals surface area contributed by atoms with Gasteiger partial charge in [-0.15, -0.1) is 0 Å². The minimum absolute atomic E-state index is 0.682. The van der Waals surface area contributed by atoms with Crippen LogP contribution < -0.4 is 10.2 Å². The summed E-state index contributed by atoms with van der Waals surface area (Å²) in [5, 5.41) is 3.38. The Morgan fingerprint density at radius 2 is 2.00 bits per heavy atom. The van der Waals surface area contributed by atoms with E-state index in [-0.39, 0.29) is 0 Å². The number of anilines is 2. The molecule has 0 atom stereocenters. The van der Waals surface area contributed by atoms with Gasteiger partial charge in [0.2, 0.25) is 0 Å². The van der Waals surface area contributed by atoms with Gasteiger partial charge in [-0.1, -0.05) is 6.92 Å². The van der Waals surface area contributed by atoms with Crippen LogP contribution in [0.25, 0.3) is 0 Å². The fraction of sp³-hybridized carbons (Fsp3) is 0.692. The Morgan fingerprint density at radius 1 is 1.29 bits per heavy atom. The summed E-state index contributed by atoms with van der Waals surface area (Å²) in [6.07, 6.45) is 3.68. The van der Waals surface area contributed by atoms with Crippen LogP contribution in [0, 0.1) is 13.8 Å². The normalized spacial score (nSPS) is 14.8. The molecule has 0 saturated heterocycles. The molecule has 1 N–H and O–H groups in total. The second-order valence-electron chi connectivity index (χ2n) is 4.84. The van der Waals surface area contributed by atoms with E-state index in [1.54, 1.807) is 0 Å². The van der Waals surface area contributed by atoms with Crippen LogP contribution >= 0.6 is 0 Å². The lowest BCUT2D eigenvalue weighted by molar-refractivity contribution is 0.861. The van der Waals surface area contributed by atoms with Crippen molar-refractivity contribution in [2.45, 2.75) is 46.1 Å². The van der Waals surface area contributed by atoms with Gasteiger partial charge in [0.1, 0.15) is 17.5 Å². The summed E-state index contributed by atoms with van der Waals surface area (Å²) >= 11 is 0. The highest BCUT2D eigenvalue weighted by molar-refractivity contribution is 5.59. The zero-order chi connectivity index (χ0) is 12.4. The molecule has 4 nitrogen and oxygen atoms in total. The molecule has 0 unspecified atom stereocenters. The summed E-state index contributed by atoms with van der Waals surface area (Å²) in [6.45, 7) is 7.18. The Hall–Kier alpha value is -1.32. The van der Waals surface area contributed by atoms with Gasteiger partial charge in [-0.05, 0) is 33.1 Å². The van der Waals surface area contributed by atoms with Gasteiger partial charge >= 0.3 is 0 Å². The van der Waals surface area contributed by atoms with E-state index in [9.17, 15) is 0 Å². The molecule has 1 aliphatic carbocycles. The molecule has 1 aromatic rings. The van der Waals surface area contributed by atoms with Gasteiger partial charge in [-0.2, -0.15) is 0 Å². The van der Waals surface area contributed by atoms with Crippen LogP contribution in [0.5, 0.6) is 0 Å². The van der Waals surface area contributed by atoms with E-state index in [1.807, 2.05) is 6.92 Å². The number of aromatic nitrogens is 2. The van der Waals surface area contributed by atoms with Crippen LogP contribution in [0.1, 0.15) is 37.6 Å². The summed E-state index contributed by atoms with van der Waals surface area (Å²) in [5.74, 6) is 2.91. The number of rotatable bonds is 5. The van der Waals surface area contributed by atoms with Gasteiger partial charge < -0.3 is 10.2 Å². The van der Waals surface area contributed by atoms with Crippen molar-refractivity contribution in [3.8, 4) is 0 Å². The molecule has 2 rings (SSSR count). The van der Waals surface area contributed by atoms with Crippen LogP contribution in [0.4, 0.5) is 11.6 Å². The maximum Gasteiger partial charge on any atom is 0.137 e. The number of hydrogen-bond acceptors (Lipinski definition) is 4. The molecule has 17 heavy (non-hydrogen) atoms. The molecule has 1 saturated carbocycles. The molecular weight excluding hydrogens is 212 g/mol. The van der Waals surface area contributed by atoms with Crippen molar-refractivity contribution in [3.05, 3.63) is 11.4 Å². The quantitative estimate of drug-likeness (QED) is 0.850. The first kappa shape index (κ1) is 12.1. The first-order chi connectivity index (χ1) is 8.13. The van der Waals surface area contributed by atoms with Crippen LogP contribution in [-0.2, 0) is 0 Å². The second-order valence-corrected chi connectivity index (χ2v) is 4.84. The topological polar surface area (TPSA) is 41.1 Å². The molecule has 94 valence electrons. The predicted molar refractivity (Wildman–Crippen MR) is 71.7 cm³/mol. The fourth-order valence-electron chi connectivity index (χ4n) is 2.01. The Kier molecular flexibility index (Phi) is 3.50. The third-order valence-electron chi connectivity index (χ3n) is 3.20. The maximum absolute atomic E-state index is 4.58. The van der Waals surface area contributed by atoms with E-state index in [0.29, 0.717) is 6.04 Å². The first-order valence-corrected chi connectivity index (χ1v) is 6.45. The number of aryl methyl sites for hydroxylation is 1. The van der Waals surface area contributed by atoms with Crippen molar-refractivity contribution in [1.82, 2.24) is 9.97 Å². The van der Waals surface area contributed by atoms with E-state index in [2.05, 4.69) is 41.1 Å². The monoisotopic (exact) mass is 234 g/mol. The predicted octanol–water partition coefficient (Wildman–Crippen LogP) is 2.51. The molecule has 1 aromatic heterocycles. The highest BCUT2D eigenvalue weighted by atomic mass is 15.2. The highest BCUT2D eigenvalue weighted by Gasteiger charge is 2.28. The third kappa shape index (κ3) is 2.68. The summed E-state index contributed by atoms with van der Waals surface area (Å²) in [5.41, 5.74) is 1.17. The minimum atomic E-state index is 0.682. The molecule has 1 heterocycles. The number of nitrogens with zero attached hydrogens (tertiary/aromatic N) is 3. The lowest BCUT2D eigenvalue weighted by Crippen LogP contribution is -2.23. The Labute approximate surface area is 103 Å². The number of nitrogens with one attached hydrogen (secondary N) is 1. The molecule has 1 fully saturated rings. The SMILES string of the molecule is CCCNc1nc(C)nc(N(C)C2CC2)c1C. The molecule has 4 heteroatoms. The van der Waals surface area contributed by atoms with Crippen molar-refractivity contribution in [1.29, 1.82) is 0 Å². The second kappa shape index (κ2) is 4.90. The zero-order valence-electron chi connectivity index (χ0n) is 11.2. The van der Waals surface area contributed by atoms with Gasteiger partial charge in [0.15, 0.2) is 0 Å². The van der Waals surface area contributed by atoms with E-state index in [0.717, 1.165) is 30.4 Å². The lowest BCUT2D eigenvalue weighted by Gasteiger charge is -2.21. The summed E-state index contributed by atoms with van der Waals surface area (Å²) in [6, 6.07) is 0.682. The maximum atomic E-state index is 4.58. The van der Waals surface area contributed by atoms with Gasteiger partial charge in [0.25, 0.3) is 0 Å². The van der Waals surface area contributed by atoms with Crippen molar-refractivity contribution in [3.63, 3.8) is 0 Å². The molecule has 0 amide bonds. The van der Waals surface area contributed by atoms with E-state index in [1.165, 1.54) is 18.4 Å². The van der Waals surface area contributed by atoms with E-state index >= 15 is 0 Å². The molecule has 1 aliphatic rings. The van der Waals surface area contributed by atoms with E-state index < -0.39 is 0 Å².